The van der Waals surface area contributed by atoms with Crippen molar-refractivity contribution >= 4 is 15.9 Å². The number of halogens is 1. The Morgan fingerprint density at radius 2 is 2.05 bits per heavy atom. The minimum absolute atomic E-state index is 0.626. The molecule has 0 amide bonds. The number of hydrogen-bond donors (Lipinski definition) is 1. The highest BCUT2D eigenvalue weighted by molar-refractivity contribution is 9.10. The van der Waals surface area contributed by atoms with E-state index in [0.717, 1.165) is 22.2 Å². The van der Waals surface area contributed by atoms with Crippen LogP contribution in [0, 0.1) is 0 Å². The van der Waals surface area contributed by atoms with E-state index >= 15 is 0 Å². The fraction of sp³-hybridized carbons (Fsp3) is 0.385. The Kier molecular flexibility index (Phi) is 5.23. The lowest BCUT2D eigenvalue weighted by Crippen LogP contribution is -2.12. The van der Waals surface area contributed by atoms with Crippen LogP contribution in [0.1, 0.15) is 18.9 Å². The fourth-order valence-electron chi connectivity index (χ4n) is 1.68. The summed E-state index contributed by atoms with van der Waals surface area (Å²) in [5.41, 5.74) is 4.22. The first-order chi connectivity index (χ1) is 9.74. The van der Waals surface area contributed by atoms with Gasteiger partial charge in [0.2, 0.25) is 0 Å². The van der Waals surface area contributed by atoms with Crippen molar-refractivity contribution in [1.82, 2.24) is 14.9 Å². The SMILES string of the molecule is CCCOc1c(Br)cc(CNn2cnnc2)cc1OC. The quantitative estimate of drug-likeness (QED) is 0.839. The molecule has 0 bridgehead atoms. The van der Waals surface area contributed by atoms with Crippen LogP contribution in [-0.4, -0.2) is 28.6 Å². The van der Waals surface area contributed by atoms with Gasteiger partial charge in [-0.1, -0.05) is 6.92 Å². The molecule has 2 rings (SSSR count). The van der Waals surface area contributed by atoms with Crippen molar-refractivity contribution in [2.75, 3.05) is 19.1 Å². The predicted molar refractivity (Wildman–Crippen MR) is 79.6 cm³/mol. The third kappa shape index (κ3) is 3.63. The number of nitrogens with one attached hydrogen (secondary N) is 1. The van der Waals surface area contributed by atoms with Gasteiger partial charge in [0.25, 0.3) is 0 Å². The summed E-state index contributed by atoms with van der Waals surface area (Å²) in [6, 6.07) is 3.96. The lowest BCUT2D eigenvalue weighted by Gasteiger charge is -2.14. The lowest BCUT2D eigenvalue weighted by molar-refractivity contribution is 0.292. The number of hydrogen-bond acceptors (Lipinski definition) is 5. The second-order valence-corrected chi connectivity index (χ2v) is 5.02. The highest BCUT2D eigenvalue weighted by Gasteiger charge is 2.11. The van der Waals surface area contributed by atoms with Crippen molar-refractivity contribution in [1.29, 1.82) is 0 Å². The summed E-state index contributed by atoms with van der Waals surface area (Å²) in [4.78, 5) is 0. The van der Waals surface area contributed by atoms with Gasteiger partial charge in [-0.05, 0) is 40.0 Å². The second kappa shape index (κ2) is 7.14. The Balaban J connectivity index is 2.12. The molecule has 0 unspecified atom stereocenters. The Morgan fingerprint density at radius 1 is 1.30 bits per heavy atom. The molecule has 0 aliphatic heterocycles. The molecule has 0 aliphatic carbocycles. The summed E-state index contributed by atoms with van der Waals surface area (Å²) in [7, 11) is 1.64. The first kappa shape index (κ1) is 14.6. The summed E-state index contributed by atoms with van der Waals surface area (Å²) in [6.07, 6.45) is 4.16. The molecule has 20 heavy (non-hydrogen) atoms. The van der Waals surface area contributed by atoms with Gasteiger partial charge >= 0.3 is 0 Å². The number of methoxy groups -OCH3 is 1. The number of rotatable bonds is 7. The third-order valence-corrected chi connectivity index (χ3v) is 3.21. The molecule has 1 aromatic carbocycles. The smallest absolute Gasteiger partial charge is 0.175 e. The highest BCUT2D eigenvalue weighted by Crippen LogP contribution is 2.36. The van der Waals surface area contributed by atoms with E-state index in [0.29, 0.717) is 18.9 Å². The van der Waals surface area contributed by atoms with E-state index in [9.17, 15) is 0 Å². The van der Waals surface area contributed by atoms with Crippen molar-refractivity contribution in [3.8, 4) is 11.5 Å². The van der Waals surface area contributed by atoms with Gasteiger partial charge < -0.3 is 14.9 Å². The van der Waals surface area contributed by atoms with Gasteiger partial charge in [-0.25, -0.2) is 4.68 Å². The monoisotopic (exact) mass is 340 g/mol. The Hall–Kier alpha value is -1.76. The number of aromatic nitrogens is 3. The zero-order valence-corrected chi connectivity index (χ0v) is 13.1. The van der Waals surface area contributed by atoms with E-state index in [-0.39, 0.29) is 0 Å². The molecule has 1 aromatic heterocycles. The van der Waals surface area contributed by atoms with Gasteiger partial charge in [0.05, 0.1) is 24.7 Å². The number of nitrogens with zero attached hydrogens (tertiary/aromatic N) is 3. The maximum atomic E-state index is 5.70. The van der Waals surface area contributed by atoms with Crippen LogP contribution < -0.4 is 14.9 Å². The van der Waals surface area contributed by atoms with Gasteiger partial charge in [0.15, 0.2) is 11.5 Å². The Morgan fingerprint density at radius 3 is 2.70 bits per heavy atom. The van der Waals surface area contributed by atoms with E-state index in [1.807, 2.05) is 12.1 Å². The normalized spacial score (nSPS) is 10.3. The zero-order chi connectivity index (χ0) is 14.4. The average molecular weight is 341 g/mol. The van der Waals surface area contributed by atoms with Gasteiger partial charge in [0.1, 0.15) is 12.7 Å². The maximum Gasteiger partial charge on any atom is 0.175 e. The van der Waals surface area contributed by atoms with Crippen molar-refractivity contribution < 1.29 is 9.47 Å². The highest BCUT2D eigenvalue weighted by atomic mass is 79.9. The van der Waals surface area contributed by atoms with Gasteiger partial charge in [-0.15, -0.1) is 10.2 Å². The zero-order valence-electron chi connectivity index (χ0n) is 11.5. The summed E-state index contributed by atoms with van der Waals surface area (Å²) in [5.74, 6) is 1.45. The van der Waals surface area contributed by atoms with Crippen LogP contribution in [0.15, 0.2) is 29.3 Å². The number of benzene rings is 1. The predicted octanol–water partition coefficient (Wildman–Crippen LogP) is 2.58. The molecule has 0 radical (unpaired) electrons. The van der Waals surface area contributed by atoms with Crippen molar-refractivity contribution in [2.24, 2.45) is 0 Å². The third-order valence-electron chi connectivity index (χ3n) is 2.62. The topological polar surface area (TPSA) is 61.2 Å². The molecule has 1 heterocycles. The van der Waals surface area contributed by atoms with E-state index in [1.165, 1.54) is 0 Å². The molecule has 0 saturated carbocycles. The summed E-state index contributed by atoms with van der Waals surface area (Å²) < 4.78 is 13.7. The van der Waals surface area contributed by atoms with Crippen LogP contribution in [-0.2, 0) is 6.54 Å². The minimum atomic E-state index is 0.626. The van der Waals surface area contributed by atoms with Crippen LogP contribution >= 0.6 is 15.9 Å². The molecule has 0 spiro atoms. The largest absolute Gasteiger partial charge is 0.493 e. The first-order valence-corrected chi connectivity index (χ1v) is 7.11. The first-order valence-electron chi connectivity index (χ1n) is 6.32. The summed E-state index contributed by atoms with van der Waals surface area (Å²) in [5, 5.41) is 7.46. The van der Waals surface area contributed by atoms with Crippen molar-refractivity contribution in [3.05, 3.63) is 34.8 Å². The molecule has 0 saturated heterocycles. The molecule has 0 aliphatic rings. The van der Waals surface area contributed by atoms with Crippen LogP contribution in [0.4, 0.5) is 0 Å². The Labute approximate surface area is 126 Å². The van der Waals surface area contributed by atoms with E-state index in [1.54, 1.807) is 24.4 Å². The average Bonchev–Trinajstić information content (AvgIpc) is 2.96. The van der Waals surface area contributed by atoms with Gasteiger partial charge in [-0.3, -0.25) is 0 Å². The van der Waals surface area contributed by atoms with Crippen molar-refractivity contribution in [2.45, 2.75) is 19.9 Å². The van der Waals surface area contributed by atoms with E-state index in [4.69, 9.17) is 9.47 Å². The molecule has 1 N–H and O–H groups in total. The fourth-order valence-corrected chi connectivity index (χ4v) is 2.29. The molecule has 108 valence electrons. The molecule has 6 nitrogen and oxygen atoms in total. The molecular formula is C13H17BrN4O2. The van der Waals surface area contributed by atoms with Crippen LogP contribution in [0.5, 0.6) is 11.5 Å². The molecule has 7 heteroatoms. The molecular weight excluding hydrogens is 324 g/mol. The lowest BCUT2D eigenvalue weighted by atomic mass is 10.2. The summed E-state index contributed by atoms with van der Waals surface area (Å²) in [6.45, 7) is 3.35. The number of ether oxygens (including phenoxy) is 2. The van der Waals surface area contributed by atoms with E-state index < -0.39 is 0 Å². The van der Waals surface area contributed by atoms with Crippen LogP contribution in [0.3, 0.4) is 0 Å². The molecule has 0 fully saturated rings. The van der Waals surface area contributed by atoms with Crippen LogP contribution in [0.2, 0.25) is 0 Å². The Bertz CT molecular complexity index is 546. The van der Waals surface area contributed by atoms with Crippen molar-refractivity contribution in [3.63, 3.8) is 0 Å². The standard InChI is InChI=1S/C13H17BrN4O2/c1-3-4-20-13-11(14)5-10(6-12(13)19-2)7-17-18-8-15-16-9-18/h5-6,8-9,17H,3-4,7H2,1-2H3. The second-order valence-electron chi connectivity index (χ2n) is 4.16. The maximum absolute atomic E-state index is 5.70. The van der Waals surface area contributed by atoms with Crippen LogP contribution in [0.25, 0.3) is 0 Å². The van der Waals surface area contributed by atoms with Gasteiger partial charge in [0, 0.05) is 0 Å². The summed E-state index contributed by atoms with van der Waals surface area (Å²) >= 11 is 3.52. The molecule has 0 atom stereocenters. The van der Waals surface area contributed by atoms with E-state index in [2.05, 4.69) is 38.5 Å². The minimum Gasteiger partial charge on any atom is -0.493 e. The molecule has 2 aromatic rings. The van der Waals surface area contributed by atoms with Gasteiger partial charge in [-0.2, -0.15) is 0 Å².